The van der Waals surface area contributed by atoms with Crippen LogP contribution in [-0.2, 0) is 4.79 Å². The normalized spacial score (nSPS) is 19.3. The summed E-state index contributed by atoms with van der Waals surface area (Å²) in [5.41, 5.74) is 0. The molecule has 0 bridgehead atoms. The molecule has 2 fully saturated rings. The van der Waals surface area contributed by atoms with Crippen LogP contribution >= 0.6 is 0 Å². The second-order valence-corrected chi connectivity index (χ2v) is 6.96. The fourth-order valence-electron chi connectivity index (χ4n) is 3.62. The summed E-state index contributed by atoms with van der Waals surface area (Å²) in [5.74, 6) is 1.92. The standard InChI is InChI=1S/C20H30N4O2/c1-21-20(22-16-19(25)23-12-6-3-7-13-23)24-14-10-18(11-15-24)26-17-8-4-2-5-9-17/h2,4-5,8-9,18H,3,6-7,10-16H2,1H3,(H,21,22). The number of aliphatic imine (C=N–C) groups is 1. The van der Waals surface area contributed by atoms with Crippen molar-refractivity contribution in [1.82, 2.24) is 15.1 Å². The Morgan fingerprint density at radius 1 is 1.08 bits per heavy atom. The number of hydrogen-bond acceptors (Lipinski definition) is 3. The first-order valence-electron chi connectivity index (χ1n) is 9.71. The summed E-state index contributed by atoms with van der Waals surface area (Å²) in [7, 11) is 1.78. The number of rotatable bonds is 4. The molecular formula is C20H30N4O2. The van der Waals surface area contributed by atoms with Crippen LogP contribution in [0.25, 0.3) is 0 Å². The highest BCUT2D eigenvalue weighted by Gasteiger charge is 2.23. The number of piperidine rings is 2. The number of carbonyl (C=O) groups excluding carboxylic acids is 1. The number of hydrogen-bond donors (Lipinski definition) is 1. The van der Waals surface area contributed by atoms with E-state index in [2.05, 4.69) is 15.2 Å². The third kappa shape index (κ3) is 5.13. The minimum atomic E-state index is 0.174. The highest BCUT2D eigenvalue weighted by molar-refractivity contribution is 5.86. The Labute approximate surface area is 156 Å². The zero-order valence-electron chi connectivity index (χ0n) is 15.7. The molecule has 1 amide bonds. The maximum Gasteiger partial charge on any atom is 0.241 e. The van der Waals surface area contributed by atoms with Gasteiger partial charge in [0.15, 0.2) is 5.96 Å². The van der Waals surface area contributed by atoms with Gasteiger partial charge in [0.25, 0.3) is 0 Å². The molecule has 0 atom stereocenters. The molecule has 0 aliphatic carbocycles. The van der Waals surface area contributed by atoms with Crippen molar-refractivity contribution in [3.8, 4) is 5.75 Å². The number of amides is 1. The zero-order chi connectivity index (χ0) is 18.2. The number of nitrogens with zero attached hydrogens (tertiary/aromatic N) is 3. The van der Waals surface area contributed by atoms with Crippen molar-refractivity contribution in [3.05, 3.63) is 30.3 Å². The van der Waals surface area contributed by atoms with E-state index in [-0.39, 0.29) is 12.0 Å². The molecule has 2 aliphatic heterocycles. The van der Waals surface area contributed by atoms with Gasteiger partial charge in [-0.25, -0.2) is 0 Å². The maximum absolute atomic E-state index is 12.3. The van der Waals surface area contributed by atoms with Crippen molar-refractivity contribution in [1.29, 1.82) is 0 Å². The fraction of sp³-hybridized carbons (Fsp3) is 0.600. The smallest absolute Gasteiger partial charge is 0.241 e. The van der Waals surface area contributed by atoms with Crippen molar-refractivity contribution in [2.75, 3.05) is 39.8 Å². The van der Waals surface area contributed by atoms with Crippen LogP contribution in [0.4, 0.5) is 0 Å². The van der Waals surface area contributed by atoms with Gasteiger partial charge in [0.05, 0.1) is 6.54 Å². The molecule has 2 saturated heterocycles. The van der Waals surface area contributed by atoms with E-state index in [0.717, 1.165) is 63.6 Å². The molecule has 6 heteroatoms. The molecular weight excluding hydrogens is 328 g/mol. The maximum atomic E-state index is 12.3. The van der Waals surface area contributed by atoms with Gasteiger partial charge in [0.1, 0.15) is 11.9 Å². The lowest BCUT2D eigenvalue weighted by atomic mass is 10.1. The second kappa shape index (κ2) is 9.46. The van der Waals surface area contributed by atoms with Crippen LogP contribution in [0, 0.1) is 0 Å². The Morgan fingerprint density at radius 3 is 2.42 bits per heavy atom. The summed E-state index contributed by atoms with van der Waals surface area (Å²) in [6.07, 6.45) is 5.62. The molecule has 6 nitrogen and oxygen atoms in total. The summed E-state index contributed by atoms with van der Waals surface area (Å²) < 4.78 is 6.05. The largest absolute Gasteiger partial charge is 0.490 e. The Kier molecular flexibility index (Phi) is 6.75. The summed E-state index contributed by atoms with van der Waals surface area (Å²) in [4.78, 5) is 20.9. The zero-order valence-corrected chi connectivity index (χ0v) is 15.7. The van der Waals surface area contributed by atoms with Gasteiger partial charge in [-0.2, -0.15) is 0 Å². The van der Waals surface area contributed by atoms with Crippen LogP contribution in [0.2, 0.25) is 0 Å². The van der Waals surface area contributed by atoms with Gasteiger partial charge in [0.2, 0.25) is 5.91 Å². The van der Waals surface area contributed by atoms with Crippen LogP contribution in [0.5, 0.6) is 5.75 Å². The van der Waals surface area contributed by atoms with E-state index in [1.165, 1.54) is 6.42 Å². The number of para-hydroxylation sites is 1. The number of benzene rings is 1. The molecule has 0 spiro atoms. The quantitative estimate of drug-likeness (QED) is 0.662. The lowest BCUT2D eigenvalue weighted by molar-refractivity contribution is -0.130. The second-order valence-electron chi connectivity index (χ2n) is 6.96. The Bertz CT molecular complexity index is 591. The molecule has 1 aromatic rings. The van der Waals surface area contributed by atoms with E-state index in [4.69, 9.17) is 4.74 Å². The predicted octanol–water partition coefficient (Wildman–Crippen LogP) is 2.12. The summed E-state index contributed by atoms with van der Waals surface area (Å²) in [6.45, 7) is 3.87. The van der Waals surface area contributed by atoms with Gasteiger partial charge in [-0.3, -0.25) is 9.79 Å². The van der Waals surface area contributed by atoms with E-state index in [1.807, 2.05) is 35.2 Å². The molecule has 0 radical (unpaired) electrons. The van der Waals surface area contributed by atoms with Gasteiger partial charge >= 0.3 is 0 Å². The SMILES string of the molecule is CN=C(NCC(=O)N1CCCCC1)N1CCC(Oc2ccccc2)CC1. The predicted molar refractivity (Wildman–Crippen MR) is 103 cm³/mol. The molecule has 3 rings (SSSR count). The van der Waals surface area contributed by atoms with Crippen molar-refractivity contribution in [3.63, 3.8) is 0 Å². The highest BCUT2D eigenvalue weighted by Crippen LogP contribution is 2.18. The van der Waals surface area contributed by atoms with E-state index in [1.54, 1.807) is 7.05 Å². The van der Waals surface area contributed by atoms with Crippen molar-refractivity contribution in [2.45, 2.75) is 38.2 Å². The Balaban J connectivity index is 1.42. The molecule has 1 aromatic carbocycles. The fourth-order valence-corrected chi connectivity index (χ4v) is 3.62. The summed E-state index contributed by atoms with van der Waals surface area (Å²) in [5, 5.41) is 3.24. The van der Waals surface area contributed by atoms with E-state index < -0.39 is 0 Å². The monoisotopic (exact) mass is 358 g/mol. The molecule has 0 unspecified atom stereocenters. The lowest BCUT2D eigenvalue weighted by Crippen LogP contribution is -2.50. The average molecular weight is 358 g/mol. The van der Waals surface area contributed by atoms with Crippen molar-refractivity contribution >= 4 is 11.9 Å². The van der Waals surface area contributed by atoms with E-state index >= 15 is 0 Å². The Morgan fingerprint density at radius 2 is 1.77 bits per heavy atom. The van der Waals surface area contributed by atoms with Crippen LogP contribution in [0.3, 0.4) is 0 Å². The first-order chi connectivity index (χ1) is 12.8. The van der Waals surface area contributed by atoms with Gasteiger partial charge in [-0.05, 0) is 31.4 Å². The number of ether oxygens (including phenoxy) is 1. The summed E-state index contributed by atoms with van der Waals surface area (Å²) in [6, 6.07) is 9.99. The van der Waals surface area contributed by atoms with Gasteiger partial charge in [0, 0.05) is 46.1 Å². The number of carbonyl (C=O) groups is 1. The lowest BCUT2D eigenvalue weighted by Gasteiger charge is -2.34. The molecule has 1 N–H and O–H groups in total. The number of nitrogens with one attached hydrogen (secondary N) is 1. The van der Waals surface area contributed by atoms with Gasteiger partial charge < -0.3 is 19.9 Å². The van der Waals surface area contributed by atoms with Crippen LogP contribution in [0.15, 0.2) is 35.3 Å². The first kappa shape index (κ1) is 18.5. The topological polar surface area (TPSA) is 57.2 Å². The molecule has 0 saturated carbocycles. The van der Waals surface area contributed by atoms with Crippen molar-refractivity contribution < 1.29 is 9.53 Å². The third-order valence-corrected chi connectivity index (χ3v) is 5.11. The molecule has 0 aromatic heterocycles. The van der Waals surface area contributed by atoms with Gasteiger partial charge in [-0.1, -0.05) is 18.2 Å². The highest BCUT2D eigenvalue weighted by atomic mass is 16.5. The van der Waals surface area contributed by atoms with Gasteiger partial charge in [-0.15, -0.1) is 0 Å². The molecule has 26 heavy (non-hydrogen) atoms. The summed E-state index contributed by atoms with van der Waals surface area (Å²) >= 11 is 0. The molecule has 142 valence electrons. The Hall–Kier alpha value is -2.24. The minimum absolute atomic E-state index is 0.174. The average Bonchev–Trinajstić information content (AvgIpc) is 2.71. The minimum Gasteiger partial charge on any atom is -0.490 e. The van der Waals surface area contributed by atoms with Crippen LogP contribution < -0.4 is 10.1 Å². The van der Waals surface area contributed by atoms with E-state index in [9.17, 15) is 4.79 Å². The first-order valence-corrected chi connectivity index (χ1v) is 9.71. The third-order valence-electron chi connectivity index (χ3n) is 5.11. The van der Waals surface area contributed by atoms with E-state index in [0.29, 0.717) is 6.54 Å². The van der Waals surface area contributed by atoms with Crippen molar-refractivity contribution in [2.24, 2.45) is 4.99 Å². The number of guanidine groups is 1. The van der Waals surface area contributed by atoms with Crippen LogP contribution in [-0.4, -0.2) is 67.5 Å². The number of likely N-dealkylation sites (tertiary alicyclic amines) is 2. The molecule has 2 aliphatic rings. The molecule has 2 heterocycles. The van der Waals surface area contributed by atoms with Crippen LogP contribution in [0.1, 0.15) is 32.1 Å².